The monoisotopic (exact) mass is 446 g/mol. The van der Waals surface area contributed by atoms with Crippen LogP contribution in [0.25, 0.3) is 0 Å². The highest BCUT2D eigenvalue weighted by molar-refractivity contribution is 7.94. The van der Waals surface area contributed by atoms with Gasteiger partial charge < -0.3 is 15.5 Å². The number of imide groups is 1. The van der Waals surface area contributed by atoms with Crippen molar-refractivity contribution < 1.29 is 22.8 Å². The Kier molecular flexibility index (Phi) is 4.91. The van der Waals surface area contributed by atoms with Crippen molar-refractivity contribution in [2.75, 3.05) is 18.8 Å². The molecule has 10 heteroatoms. The molecule has 5 rings (SSSR count). The first kappa shape index (κ1) is 20.6. The number of sulfone groups is 1. The standard InChI is InChI=1S/C21H26N4O5S/c26-18-4-3-16(19(27)24-18)25-11-14-9-13(1-2-15(14)20(25)28)10-23-17-12-31(29,30)21(17)5-7-22-8-6-21/h1-2,9,16-17,22-23H,3-8,10-12H2,(H,24,26,27). The highest BCUT2D eigenvalue weighted by atomic mass is 32.2. The molecule has 0 saturated carbocycles. The van der Waals surface area contributed by atoms with Crippen LogP contribution in [0, 0.1) is 0 Å². The van der Waals surface area contributed by atoms with E-state index in [1.807, 2.05) is 12.1 Å². The Hall–Kier alpha value is -2.30. The molecule has 3 amide bonds. The zero-order valence-electron chi connectivity index (χ0n) is 17.1. The SMILES string of the molecule is O=C1CCC(N2Cc3cc(CNC4CS(=O)(=O)C45CCNCC5)ccc3C2=O)C(=O)N1. The summed E-state index contributed by atoms with van der Waals surface area (Å²) in [7, 11) is -3.06. The van der Waals surface area contributed by atoms with Crippen LogP contribution < -0.4 is 16.0 Å². The van der Waals surface area contributed by atoms with Crippen molar-refractivity contribution in [2.24, 2.45) is 0 Å². The van der Waals surface area contributed by atoms with Crippen molar-refractivity contribution in [3.63, 3.8) is 0 Å². The van der Waals surface area contributed by atoms with Gasteiger partial charge in [-0.15, -0.1) is 0 Å². The molecule has 166 valence electrons. The van der Waals surface area contributed by atoms with Gasteiger partial charge in [0.2, 0.25) is 11.8 Å². The molecule has 3 fully saturated rings. The molecule has 0 radical (unpaired) electrons. The molecule has 2 atom stereocenters. The van der Waals surface area contributed by atoms with Crippen LogP contribution in [-0.2, 0) is 32.5 Å². The van der Waals surface area contributed by atoms with Crippen molar-refractivity contribution in [3.8, 4) is 0 Å². The fourth-order valence-corrected chi connectivity index (χ4v) is 7.72. The van der Waals surface area contributed by atoms with Crippen LogP contribution in [0.3, 0.4) is 0 Å². The largest absolute Gasteiger partial charge is 0.322 e. The lowest BCUT2D eigenvalue weighted by Crippen LogP contribution is -2.71. The molecule has 4 heterocycles. The van der Waals surface area contributed by atoms with Gasteiger partial charge in [0, 0.05) is 31.1 Å². The topological polar surface area (TPSA) is 125 Å². The highest BCUT2D eigenvalue weighted by Gasteiger charge is 2.59. The second kappa shape index (κ2) is 7.39. The maximum atomic E-state index is 12.8. The molecule has 1 aromatic carbocycles. The minimum Gasteiger partial charge on any atom is -0.322 e. The van der Waals surface area contributed by atoms with Gasteiger partial charge in [-0.25, -0.2) is 8.42 Å². The van der Waals surface area contributed by atoms with Crippen LogP contribution >= 0.6 is 0 Å². The Labute approximate surface area is 180 Å². The summed E-state index contributed by atoms with van der Waals surface area (Å²) in [6.45, 7) is 2.29. The maximum absolute atomic E-state index is 12.8. The van der Waals surface area contributed by atoms with Crippen molar-refractivity contribution in [2.45, 2.75) is 55.6 Å². The summed E-state index contributed by atoms with van der Waals surface area (Å²) >= 11 is 0. The first-order valence-corrected chi connectivity index (χ1v) is 12.4. The Balaban J connectivity index is 1.27. The summed E-state index contributed by atoms with van der Waals surface area (Å²) in [6.07, 6.45) is 1.83. The van der Waals surface area contributed by atoms with Gasteiger partial charge in [0.25, 0.3) is 5.91 Å². The zero-order chi connectivity index (χ0) is 21.8. The van der Waals surface area contributed by atoms with Crippen molar-refractivity contribution in [3.05, 3.63) is 34.9 Å². The number of nitrogens with one attached hydrogen (secondary N) is 3. The number of piperidine rings is 2. The summed E-state index contributed by atoms with van der Waals surface area (Å²) in [4.78, 5) is 37.9. The lowest BCUT2D eigenvalue weighted by molar-refractivity contribution is -0.136. The van der Waals surface area contributed by atoms with Crippen molar-refractivity contribution >= 4 is 27.6 Å². The molecule has 4 aliphatic heterocycles. The smallest absolute Gasteiger partial charge is 0.255 e. The molecule has 4 aliphatic rings. The first-order valence-electron chi connectivity index (χ1n) is 10.7. The van der Waals surface area contributed by atoms with Crippen molar-refractivity contribution in [1.82, 2.24) is 20.9 Å². The molecule has 0 aliphatic carbocycles. The summed E-state index contributed by atoms with van der Waals surface area (Å²) in [5.41, 5.74) is 2.41. The van der Waals surface area contributed by atoms with E-state index in [1.165, 1.54) is 4.90 Å². The average Bonchev–Trinajstić information content (AvgIpc) is 3.07. The maximum Gasteiger partial charge on any atom is 0.255 e. The van der Waals surface area contributed by atoms with E-state index >= 15 is 0 Å². The van der Waals surface area contributed by atoms with Crippen LogP contribution in [0.5, 0.6) is 0 Å². The normalized spacial score (nSPS) is 28.9. The van der Waals surface area contributed by atoms with E-state index in [0.717, 1.165) is 11.1 Å². The lowest BCUT2D eigenvalue weighted by atomic mass is 9.88. The number of nitrogens with zero attached hydrogens (tertiary/aromatic N) is 1. The zero-order valence-corrected chi connectivity index (χ0v) is 18.0. The second-order valence-corrected chi connectivity index (χ2v) is 11.3. The number of benzene rings is 1. The number of fused-ring (bicyclic) bond motifs is 1. The molecule has 31 heavy (non-hydrogen) atoms. The third-order valence-corrected chi connectivity index (χ3v) is 9.93. The van der Waals surface area contributed by atoms with Gasteiger partial charge in [-0.2, -0.15) is 0 Å². The number of carbonyl (C=O) groups excluding carboxylic acids is 3. The van der Waals surface area contributed by atoms with Crippen LogP contribution in [0.4, 0.5) is 0 Å². The summed E-state index contributed by atoms with van der Waals surface area (Å²) < 4.78 is 24.3. The molecule has 9 nitrogen and oxygen atoms in total. The molecular weight excluding hydrogens is 420 g/mol. The number of hydrogen-bond acceptors (Lipinski definition) is 7. The van der Waals surface area contributed by atoms with Gasteiger partial charge in [0.05, 0.1) is 10.5 Å². The highest BCUT2D eigenvalue weighted by Crippen LogP contribution is 2.41. The first-order chi connectivity index (χ1) is 14.8. The van der Waals surface area contributed by atoms with E-state index < -0.39 is 26.5 Å². The van der Waals surface area contributed by atoms with Gasteiger partial charge in [-0.3, -0.25) is 19.7 Å². The Morgan fingerprint density at radius 3 is 2.65 bits per heavy atom. The van der Waals surface area contributed by atoms with Crippen LogP contribution in [0.1, 0.15) is 47.2 Å². The average molecular weight is 447 g/mol. The van der Waals surface area contributed by atoms with Crippen LogP contribution in [0.2, 0.25) is 0 Å². The predicted molar refractivity (Wildman–Crippen MR) is 112 cm³/mol. The fourth-order valence-electron chi connectivity index (χ4n) is 5.39. The van der Waals surface area contributed by atoms with Gasteiger partial charge in [-0.1, -0.05) is 12.1 Å². The molecule has 3 N–H and O–H groups in total. The number of rotatable bonds is 4. The molecule has 1 aromatic rings. The van der Waals surface area contributed by atoms with E-state index in [0.29, 0.717) is 51.0 Å². The molecule has 3 saturated heterocycles. The molecule has 0 aromatic heterocycles. The van der Waals surface area contributed by atoms with E-state index in [9.17, 15) is 22.8 Å². The molecular formula is C21H26N4O5S. The summed E-state index contributed by atoms with van der Waals surface area (Å²) in [5.74, 6) is -0.747. The lowest BCUT2D eigenvalue weighted by Gasteiger charge is -2.51. The van der Waals surface area contributed by atoms with Gasteiger partial charge >= 0.3 is 0 Å². The Bertz CT molecular complexity index is 1060. The minimum atomic E-state index is -3.06. The van der Waals surface area contributed by atoms with Crippen LogP contribution in [-0.4, -0.2) is 66.7 Å². The summed E-state index contributed by atoms with van der Waals surface area (Å²) in [5, 5.41) is 8.98. The summed E-state index contributed by atoms with van der Waals surface area (Å²) in [6, 6.07) is 4.92. The Morgan fingerprint density at radius 1 is 1.16 bits per heavy atom. The Morgan fingerprint density at radius 2 is 1.94 bits per heavy atom. The number of amides is 3. The van der Waals surface area contributed by atoms with E-state index in [2.05, 4.69) is 16.0 Å². The third kappa shape index (κ3) is 3.28. The van der Waals surface area contributed by atoms with Gasteiger partial charge in [-0.05, 0) is 49.5 Å². The van der Waals surface area contributed by atoms with E-state index in [4.69, 9.17) is 0 Å². The second-order valence-electron chi connectivity index (χ2n) is 8.92. The predicted octanol–water partition coefficient (Wildman–Crippen LogP) is -0.544. The quantitative estimate of drug-likeness (QED) is 0.531. The van der Waals surface area contributed by atoms with E-state index in [-0.39, 0.29) is 30.0 Å². The van der Waals surface area contributed by atoms with Gasteiger partial charge in [0.15, 0.2) is 9.84 Å². The third-order valence-electron chi connectivity index (χ3n) is 7.23. The van der Waals surface area contributed by atoms with E-state index in [1.54, 1.807) is 6.07 Å². The molecule has 0 bridgehead atoms. The van der Waals surface area contributed by atoms with Crippen LogP contribution in [0.15, 0.2) is 18.2 Å². The number of hydrogen-bond donors (Lipinski definition) is 3. The molecule has 1 spiro atoms. The minimum absolute atomic E-state index is 0.0607. The molecule has 2 unspecified atom stereocenters. The van der Waals surface area contributed by atoms with Gasteiger partial charge in [0.1, 0.15) is 6.04 Å². The number of carbonyl (C=O) groups is 3. The fraction of sp³-hybridized carbons (Fsp3) is 0.571. The van der Waals surface area contributed by atoms with Crippen molar-refractivity contribution in [1.29, 1.82) is 0 Å².